The van der Waals surface area contributed by atoms with Crippen molar-refractivity contribution in [2.24, 2.45) is 16.6 Å². The average Bonchev–Trinajstić information content (AvgIpc) is 2.43. The molecule has 1 aliphatic rings. The summed E-state index contributed by atoms with van der Waals surface area (Å²) in [4.78, 5) is 24.0. The topological polar surface area (TPSA) is 90.6 Å². The molecule has 0 saturated heterocycles. The van der Waals surface area contributed by atoms with Crippen LogP contribution in [0.1, 0.15) is 41.0 Å². The van der Waals surface area contributed by atoms with Crippen molar-refractivity contribution in [3.63, 3.8) is 0 Å². The van der Waals surface area contributed by atoms with Gasteiger partial charge in [0.15, 0.2) is 0 Å². The molecule has 0 spiro atoms. The number of esters is 1. The fourth-order valence-corrected chi connectivity index (χ4v) is 2.63. The van der Waals surface area contributed by atoms with Crippen LogP contribution >= 0.6 is 12.4 Å². The number of nitrogens with one attached hydrogen (secondary N) is 1. The molecule has 3 N–H and O–H groups in total. The monoisotopic (exact) mass is 336 g/mol. The number of nitrogens with two attached hydrogens (primary N) is 1. The van der Waals surface area contributed by atoms with Crippen LogP contribution in [0.25, 0.3) is 0 Å². The number of carbonyl (C=O) groups is 2. The second-order valence-electron chi connectivity index (χ2n) is 6.90. The van der Waals surface area contributed by atoms with Gasteiger partial charge in [0.2, 0.25) is 5.91 Å². The first-order chi connectivity index (χ1) is 9.53. The van der Waals surface area contributed by atoms with Crippen molar-refractivity contribution in [2.45, 2.75) is 52.7 Å². The first-order valence-electron chi connectivity index (χ1n) is 7.30. The van der Waals surface area contributed by atoms with Crippen LogP contribution in [0.5, 0.6) is 0 Å². The summed E-state index contributed by atoms with van der Waals surface area (Å²) in [5.74, 6) is -0.616. The molecule has 0 radical (unpaired) electrons. The Balaban J connectivity index is 0.00000441. The van der Waals surface area contributed by atoms with E-state index in [9.17, 15) is 9.59 Å². The molecule has 0 aromatic carbocycles. The molecule has 0 aliphatic heterocycles. The smallest absolute Gasteiger partial charge is 0.313 e. The highest BCUT2D eigenvalue weighted by Crippen LogP contribution is 2.49. The van der Waals surface area contributed by atoms with Crippen molar-refractivity contribution in [1.82, 2.24) is 5.32 Å². The van der Waals surface area contributed by atoms with E-state index in [0.717, 1.165) is 0 Å². The fraction of sp³-hybridized carbons (Fsp3) is 0.867. The molecule has 0 aromatic heterocycles. The summed E-state index contributed by atoms with van der Waals surface area (Å²) in [6.45, 7) is 10.0. The van der Waals surface area contributed by atoms with E-state index in [4.69, 9.17) is 15.2 Å². The molecule has 2 unspecified atom stereocenters. The first kappa shape index (κ1) is 21.1. The summed E-state index contributed by atoms with van der Waals surface area (Å²) in [5, 5.41) is 2.78. The SMILES string of the molecule is CCOC1CC(N)(C(=O)NCC(C)(C)C(=O)OC)C1(C)C.Cl. The van der Waals surface area contributed by atoms with Crippen molar-refractivity contribution in [2.75, 3.05) is 20.3 Å². The number of halogens is 1. The molecule has 6 nitrogen and oxygen atoms in total. The lowest BCUT2D eigenvalue weighted by Gasteiger charge is -2.57. The highest BCUT2D eigenvalue weighted by Gasteiger charge is 2.62. The second kappa shape index (κ2) is 7.15. The highest BCUT2D eigenvalue weighted by atomic mass is 35.5. The normalized spacial score (nSPS) is 26.4. The summed E-state index contributed by atoms with van der Waals surface area (Å²) in [6.07, 6.45) is 0.463. The van der Waals surface area contributed by atoms with Gasteiger partial charge in [-0.1, -0.05) is 13.8 Å². The van der Waals surface area contributed by atoms with Crippen LogP contribution in [0.3, 0.4) is 0 Å². The Labute approximate surface area is 138 Å². The Hall–Kier alpha value is -0.850. The van der Waals surface area contributed by atoms with Crippen LogP contribution in [0.4, 0.5) is 0 Å². The number of hydrogen-bond donors (Lipinski definition) is 2. The largest absolute Gasteiger partial charge is 0.469 e. The lowest BCUT2D eigenvalue weighted by atomic mass is 9.54. The molecule has 0 heterocycles. The minimum Gasteiger partial charge on any atom is -0.469 e. The van der Waals surface area contributed by atoms with E-state index >= 15 is 0 Å². The van der Waals surface area contributed by atoms with E-state index in [2.05, 4.69) is 5.32 Å². The number of carbonyl (C=O) groups excluding carboxylic acids is 2. The molecule has 2 atom stereocenters. The molecule has 22 heavy (non-hydrogen) atoms. The first-order valence-corrected chi connectivity index (χ1v) is 7.30. The summed E-state index contributed by atoms with van der Waals surface area (Å²) < 4.78 is 10.3. The molecule has 1 aliphatic carbocycles. The Morgan fingerprint density at radius 2 is 1.91 bits per heavy atom. The number of hydrogen-bond acceptors (Lipinski definition) is 5. The molecule has 0 aromatic rings. The van der Waals surface area contributed by atoms with Crippen LogP contribution in [0, 0.1) is 10.8 Å². The summed E-state index contributed by atoms with van der Waals surface area (Å²) >= 11 is 0. The zero-order valence-electron chi connectivity index (χ0n) is 14.3. The van der Waals surface area contributed by atoms with Gasteiger partial charge in [-0.05, 0) is 20.8 Å². The van der Waals surface area contributed by atoms with Gasteiger partial charge in [0, 0.05) is 25.0 Å². The van der Waals surface area contributed by atoms with Crippen LogP contribution < -0.4 is 11.1 Å². The predicted molar refractivity (Wildman–Crippen MR) is 86.8 cm³/mol. The van der Waals surface area contributed by atoms with Gasteiger partial charge >= 0.3 is 5.97 Å². The van der Waals surface area contributed by atoms with Crippen molar-refractivity contribution in [1.29, 1.82) is 0 Å². The zero-order valence-corrected chi connectivity index (χ0v) is 15.1. The van der Waals surface area contributed by atoms with Crippen LogP contribution in [-0.2, 0) is 19.1 Å². The van der Waals surface area contributed by atoms with Gasteiger partial charge in [0.25, 0.3) is 0 Å². The predicted octanol–water partition coefficient (Wildman–Crippen LogP) is 1.26. The maximum atomic E-state index is 12.4. The van der Waals surface area contributed by atoms with E-state index < -0.39 is 16.4 Å². The van der Waals surface area contributed by atoms with Gasteiger partial charge in [0.1, 0.15) is 5.54 Å². The van der Waals surface area contributed by atoms with Crippen molar-refractivity contribution in [3.05, 3.63) is 0 Å². The quantitative estimate of drug-likeness (QED) is 0.712. The van der Waals surface area contributed by atoms with Crippen molar-refractivity contribution >= 4 is 24.3 Å². The van der Waals surface area contributed by atoms with Gasteiger partial charge in [-0.3, -0.25) is 9.59 Å². The lowest BCUT2D eigenvalue weighted by molar-refractivity contribution is -0.171. The van der Waals surface area contributed by atoms with Gasteiger partial charge in [-0.25, -0.2) is 0 Å². The number of methoxy groups -OCH3 is 1. The molecule has 1 saturated carbocycles. The molecule has 1 amide bonds. The standard InChI is InChI=1S/C15H28N2O4.ClH/c1-7-21-10-8-15(16,14(10,4)5)11(18)17-9-13(2,3)12(19)20-6;/h10H,7-9,16H2,1-6H3,(H,17,18);1H. The minimum absolute atomic E-state index is 0. The summed E-state index contributed by atoms with van der Waals surface area (Å²) in [7, 11) is 1.33. The van der Waals surface area contributed by atoms with Gasteiger partial charge in [0.05, 0.1) is 18.6 Å². The van der Waals surface area contributed by atoms with Crippen LogP contribution in [0.2, 0.25) is 0 Å². The van der Waals surface area contributed by atoms with E-state index in [0.29, 0.717) is 13.0 Å². The third-order valence-electron chi connectivity index (χ3n) is 4.66. The summed E-state index contributed by atoms with van der Waals surface area (Å²) in [6, 6.07) is 0. The Morgan fingerprint density at radius 1 is 1.36 bits per heavy atom. The third-order valence-corrected chi connectivity index (χ3v) is 4.66. The highest BCUT2D eigenvalue weighted by molar-refractivity contribution is 5.89. The zero-order chi connectivity index (χ0) is 16.5. The minimum atomic E-state index is -0.973. The second-order valence-corrected chi connectivity index (χ2v) is 6.90. The molecular weight excluding hydrogens is 308 g/mol. The average molecular weight is 337 g/mol. The Bertz CT molecular complexity index is 426. The number of rotatable bonds is 6. The maximum absolute atomic E-state index is 12.4. The van der Waals surface area contributed by atoms with E-state index in [1.54, 1.807) is 13.8 Å². The summed E-state index contributed by atoms with van der Waals surface area (Å²) in [5.41, 5.74) is 4.08. The molecule has 1 rings (SSSR count). The third kappa shape index (κ3) is 3.55. The number of amides is 1. The van der Waals surface area contributed by atoms with Gasteiger partial charge in [-0.15, -0.1) is 12.4 Å². The van der Waals surface area contributed by atoms with Crippen LogP contribution in [0.15, 0.2) is 0 Å². The van der Waals surface area contributed by atoms with Gasteiger partial charge in [-0.2, -0.15) is 0 Å². The lowest BCUT2D eigenvalue weighted by Crippen LogP contribution is -2.76. The molecule has 1 fully saturated rings. The fourth-order valence-electron chi connectivity index (χ4n) is 2.63. The Morgan fingerprint density at radius 3 is 2.32 bits per heavy atom. The molecule has 130 valence electrons. The van der Waals surface area contributed by atoms with Gasteiger partial charge < -0.3 is 20.5 Å². The maximum Gasteiger partial charge on any atom is 0.313 e. The van der Waals surface area contributed by atoms with E-state index in [1.165, 1.54) is 7.11 Å². The Kier molecular flexibility index (Phi) is 6.87. The van der Waals surface area contributed by atoms with E-state index in [-0.39, 0.29) is 36.9 Å². The molecule has 0 bridgehead atoms. The molecule has 7 heteroatoms. The van der Waals surface area contributed by atoms with Crippen LogP contribution in [-0.4, -0.2) is 43.8 Å². The number of ether oxygens (including phenoxy) is 2. The molecular formula is C15H29ClN2O4. The van der Waals surface area contributed by atoms with Crippen molar-refractivity contribution in [3.8, 4) is 0 Å². The van der Waals surface area contributed by atoms with Crippen molar-refractivity contribution < 1.29 is 19.1 Å². The van der Waals surface area contributed by atoms with E-state index in [1.807, 2.05) is 20.8 Å².